The van der Waals surface area contributed by atoms with E-state index in [1.54, 1.807) is 6.07 Å². The lowest BCUT2D eigenvalue weighted by molar-refractivity contribution is 0.112. The fraction of sp³-hybridized carbons (Fsp3) is 0.312. The fourth-order valence-corrected chi connectivity index (χ4v) is 4.21. The van der Waals surface area contributed by atoms with E-state index in [4.69, 9.17) is 0 Å². The molecule has 0 aliphatic heterocycles. The van der Waals surface area contributed by atoms with Crippen LogP contribution in [0.25, 0.3) is 22.0 Å². The van der Waals surface area contributed by atoms with Crippen molar-refractivity contribution in [1.82, 2.24) is 9.71 Å². The number of rotatable bonds is 9. The molecule has 2 N–H and O–H groups in total. The zero-order chi connectivity index (χ0) is 28.6. The highest BCUT2D eigenvalue weighted by Crippen LogP contribution is 2.30. The maximum absolute atomic E-state index is 13.4. The van der Waals surface area contributed by atoms with Gasteiger partial charge in [0.1, 0.15) is 5.82 Å². The Hall–Kier alpha value is -3.42. The quantitative estimate of drug-likeness (QED) is 0.161. The summed E-state index contributed by atoms with van der Waals surface area (Å²) >= 11 is 1.43. The predicted octanol–water partition coefficient (Wildman–Crippen LogP) is 8.70. The van der Waals surface area contributed by atoms with Crippen molar-refractivity contribution in [3.8, 4) is 11.3 Å². The number of fused-ring (bicyclic) bond motifs is 1. The minimum absolute atomic E-state index is 0.0910. The molecule has 3 aromatic carbocycles. The normalized spacial score (nSPS) is 10.1. The number of hydrogen-bond acceptors (Lipinski definition) is 6. The number of hydrogen-bond donors (Lipinski definition) is 2. The van der Waals surface area contributed by atoms with Crippen molar-refractivity contribution in [1.29, 1.82) is 0 Å². The van der Waals surface area contributed by atoms with Gasteiger partial charge in [-0.15, -0.1) is 0 Å². The first-order valence-corrected chi connectivity index (χ1v) is 14.3. The van der Waals surface area contributed by atoms with E-state index in [-0.39, 0.29) is 5.56 Å². The number of carbonyl (C=O) groups is 1. The Labute approximate surface area is 237 Å². The van der Waals surface area contributed by atoms with Gasteiger partial charge in [0.25, 0.3) is 0 Å². The van der Waals surface area contributed by atoms with Crippen LogP contribution in [-0.4, -0.2) is 31.4 Å². The summed E-state index contributed by atoms with van der Waals surface area (Å²) in [5.74, 6) is -0.483. The van der Waals surface area contributed by atoms with Crippen molar-refractivity contribution in [3.63, 3.8) is 0 Å². The molecular weight excluding hydrogens is 507 g/mol. The molecule has 0 saturated heterocycles. The number of benzene rings is 3. The van der Waals surface area contributed by atoms with Gasteiger partial charge in [-0.25, -0.2) is 9.11 Å². The zero-order valence-electron chi connectivity index (χ0n) is 23.9. The molecule has 0 aliphatic carbocycles. The maximum atomic E-state index is 13.4. The van der Waals surface area contributed by atoms with Gasteiger partial charge in [-0.05, 0) is 61.2 Å². The Balaban J connectivity index is 0.000000244. The highest BCUT2D eigenvalue weighted by molar-refractivity contribution is 7.98. The van der Waals surface area contributed by atoms with Gasteiger partial charge in [0.05, 0.1) is 16.9 Å². The van der Waals surface area contributed by atoms with Crippen LogP contribution in [0, 0.1) is 12.7 Å². The molecule has 4 aromatic rings. The SMILES string of the molecule is CCCC.CCNSN(CC)c1ccc(C=O)c(F)c1.CNc1ccc(C)c(-c2nccc3ccccc23)c1. The van der Waals surface area contributed by atoms with Gasteiger partial charge in [-0.3, -0.25) is 9.78 Å². The van der Waals surface area contributed by atoms with E-state index in [1.165, 1.54) is 59.0 Å². The number of aryl methyl sites for hydroxylation is 1. The van der Waals surface area contributed by atoms with Crippen LogP contribution in [0.1, 0.15) is 56.5 Å². The number of nitrogens with one attached hydrogen (secondary N) is 2. The molecule has 0 atom stereocenters. The Morgan fingerprint density at radius 2 is 1.72 bits per heavy atom. The summed E-state index contributed by atoms with van der Waals surface area (Å²) in [7, 11) is 1.94. The van der Waals surface area contributed by atoms with Crippen LogP contribution in [0.4, 0.5) is 15.8 Å². The lowest BCUT2D eigenvalue weighted by atomic mass is 9.99. The van der Waals surface area contributed by atoms with E-state index in [9.17, 15) is 9.18 Å². The van der Waals surface area contributed by atoms with E-state index in [1.807, 2.05) is 31.4 Å². The Morgan fingerprint density at radius 1 is 0.974 bits per heavy atom. The van der Waals surface area contributed by atoms with Crippen LogP contribution < -0.4 is 14.3 Å². The maximum Gasteiger partial charge on any atom is 0.152 e. The first-order valence-electron chi connectivity index (χ1n) is 13.5. The third kappa shape index (κ3) is 9.37. The molecule has 0 amide bonds. The number of carbonyl (C=O) groups excluding carboxylic acids is 1. The molecule has 0 unspecified atom stereocenters. The average Bonchev–Trinajstić information content (AvgIpc) is 2.98. The molecule has 39 heavy (non-hydrogen) atoms. The number of pyridine rings is 1. The Bertz CT molecular complexity index is 1310. The van der Waals surface area contributed by atoms with E-state index in [0.717, 1.165) is 30.2 Å². The molecule has 0 fully saturated rings. The zero-order valence-corrected chi connectivity index (χ0v) is 24.7. The van der Waals surface area contributed by atoms with Crippen molar-refractivity contribution in [2.45, 2.75) is 47.5 Å². The van der Waals surface area contributed by atoms with Crippen LogP contribution >= 0.6 is 12.1 Å². The van der Waals surface area contributed by atoms with E-state index in [0.29, 0.717) is 6.29 Å². The minimum atomic E-state index is -0.483. The van der Waals surface area contributed by atoms with Crippen LogP contribution in [0.2, 0.25) is 0 Å². The molecule has 1 heterocycles. The van der Waals surface area contributed by atoms with Gasteiger partial charge in [0.15, 0.2) is 6.29 Å². The van der Waals surface area contributed by atoms with Gasteiger partial charge < -0.3 is 9.62 Å². The van der Waals surface area contributed by atoms with Crippen molar-refractivity contribution in [2.75, 3.05) is 29.8 Å². The molecule has 208 valence electrons. The van der Waals surface area contributed by atoms with Crippen LogP contribution in [0.15, 0.2) is 72.9 Å². The van der Waals surface area contributed by atoms with Crippen molar-refractivity contribution >= 4 is 40.6 Å². The topological polar surface area (TPSA) is 57.3 Å². The summed E-state index contributed by atoms with van der Waals surface area (Å²) in [5, 5.41) is 5.60. The lowest BCUT2D eigenvalue weighted by Gasteiger charge is -2.21. The van der Waals surface area contributed by atoms with Gasteiger partial charge in [-0.2, -0.15) is 0 Å². The Kier molecular flexibility index (Phi) is 14.0. The van der Waals surface area contributed by atoms with Crippen molar-refractivity contribution in [3.05, 3.63) is 89.9 Å². The lowest BCUT2D eigenvalue weighted by Crippen LogP contribution is -2.20. The number of anilines is 2. The summed E-state index contributed by atoms with van der Waals surface area (Å²) in [6.07, 6.45) is 5.04. The summed E-state index contributed by atoms with van der Waals surface area (Å²) in [5.41, 5.74) is 5.42. The molecule has 0 radical (unpaired) electrons. The molecular formula is C32H41FN4OS. The molecule has 0 bridgehead atoms. The highest BCUT2D eigenvalue weighted by atomic mass is 32.2. The molecule has 0 aliphatic rings. The number of aromatic nitrogens is 1. The molecule has 0 saturated carbocycles. The van der Waals surface area contributed by atoms with Crippen molar-refractivity contribution in [2.24, 2.45) is 0 Å². The second-order valence-corrected chi connectivity index (χ2v) is 9.68. The summed E-state index contributed by atoms with van der Waals surface area (Å²) in [4.78, 5) is 15.1. The highest BCUT2D eigenvalue weighted by Gasteiger charge is 2.09. The fourth-order valence-electron chi connectivity index (χ4n) is 3.58. The largest absolute Gasteiger partial charge is 0.388 e. The third-order valence-electron chi connectivity index (χ3n) is 5.96. The van der Waals surface area contributed by atoms with Crippen LogP contribution in [-0.2, 0) is 0 Å². The third-order valence-corrected chi connectivity index (χ3v) is 7.07. The van der Waals surface area contributed by atoms with Crippen molar-refractivity contribution < 1.29 is 9.18 Å². The van der Waals surface area contributed by atoms with Gasteiger partial charge in [-0.1, -0.05) is 63.9 Å². The number of halogens is 1. The smallest absolute Gasteiger partial charge is 0.152 e. The van der Waals surface area contributed by atoms with E-state index < -0.39 is 5.82 Å². The molecule has 1 aromatic heterocycles. The van der Waals surface area contributed by atoms with Gasteiger partial charge in [0.2, 0.25) is 0 Å². The number of nitrogens with zero attached hydrogens (tertiary/aromatic N) is 2. The van der Waals surface area contributed by atoms with Crippen LogP contribution in [0.3, 0.4) is 0 Å². The first kappa shape index (κ1) is 31.8. The van der Waals surface area contributed by atoms with Gasteiger partial charge >= 0.3 is 0 Å². The number of aldehydes is 1. The summed E-state index contributed by atoms with van der Waals surface area (Å²) < 4.78 is 18.4. The Morgan fingerprint density at radius 3 is 2.33 bits per heavy atom. The minimum Gasteiger partial charge on any atom is -0.388 e. The van der Waals surface area contributed by atoms with E-state index in [2.05, 4.69) is 84.3 Å². The van der Waals surface area contributed by atoms with Crippen LogP contribution in [0.5, 0.6) is 0 Å². The summed E-state index contributed by atoms with van der Waals surface area (Å²) in [6.45, 7) is 12.0. The van der Waals surface area contributed by atoms with Gasteiger partial charge in [0, 0.05) is 55.1 Å². The second kappa shape index (κ2) is 17.2. The van der Waals surface area contributed by atoms with E-state index >= 15 is 0 Å². The first-order chi connectivity index (χ1) is 18.9. The number of unbranched alkanes of at least 4 members (excludes halogenated alkanes) is 1. The molecule has 4 rings (SSSR count). The molecule has 0 spiro atoms. The predicted molar refractivity (Wildman–Crippen MR) is 168 cm³/mol. The monoisotopic (exact) mass is 548 g/mol. The second-order valence-electron chi connectivity index (χ2n) is 8.77. The average molecular weight is 549 g/mol. The molecule has 7 heteroatoms. The molecule has 5 nitrogen and oxygen atoms in total. The summed E-state index contributed by atoms with van der Waals surface area (Å²) in [6, 6.07) is 21.4. The standard InChI is InChI=1S/C17H16N2.C11H15FN2OS.C4H10/c1-12-7-8-14(18-2)11-16(12)17-15-6-4-3-5-13(15)9-10-19-17;1-3-13-16-14(4-2)10-6-5-9(8-15)11(12)7-10;1-3-4-2/h3-11,18H,1-2H3;5-8,13H,3-4H2,1-2H3;3-4H2,1-2H3.